The number of ether oxygens (including phenoxy) is 1. The van der Waals surface area contributed by atoms with Gasteiger partial charge in [-0.1, -0.05) is 11.6 Å². The minimum absolute atomic E-state index is 0.00482. The Morgan fingerprint density at radius 2 is 2.31 bits per heavy atom. The van der Waals surface area contributed by atoms with Crippen LogP contribution in [0, 0.1) is 0 Å². The van der Waals surface area contributed by atoms with Crippen molar-refractivity contribution in [1.29, 1.82) is 0 Å². The fourth-order valence-corrected chi connectivity index (χ4v) is 4.80. The summed E-state index contributed by atoms with van der Waals surface area (Å²) < 4.78 is 31.6. The van der Waals surface area contributed by atoms with Crippen molar-refractivity contribution in [2.75, 3.05) is 20.2 Å². The molecule has 0 N–H and O–H groups in total. The molecule has 2 heterocycles. The molecule has 1 aromatic heterocycles. The lowest BCUT2D eigenvalue weighted by Gasteiger charge is -2.14. The van der Waals surface area contributed by atoms with E-state index in [1.807, 2.05) is 0 Å². The summed E-state index contributed by atoms with van der Waals surface area (Å²) in [6.07, 6.45) is 0.750. The summed E-state index contributed by atoms with van der Waals surface area (Å²) in [6.45, 7) is 0.935. The second-order valence-corrected chi connectivity index (χ2v) is 7.45. The molecule has 1 saturated heterocycles. The van der Waals surface area contributed by atoms with Crippen molar-refractivity contribution >= 4 is 33.0 Å². The van der Waals surface area contributed by atoms with E-state index in [2.05, 4.69) is 0 Å². The first kappa shape index (κ1) is 12.3. The summed E-state index contributed by atoms with van der Waals surface area (Å²) in [5.41, 5.74) is 0. The maximum Gasteiger partial charge on any atom is 0.252 e. The van der Waals surface area contributed by atoms with Crippen LogP contribution in [0.2, 0.25) is 4.34 Å². The highest BCUT2D eigenvalue weighted by molar-refractivity contribution is 7.91. The van der Waals surface area contributed by atoms with E-state index in [-0.39, 0.29) is 6.10 Å². The predicted molar refractivity (Wildman–Crippen MR) is 63.5 cm³/mol. The van der Waals surface area contributed by atoms with Crippen LogP contribution in [0.3, 0.4) is 0 Å². The zero-order valence-electron chi connectivity index (χ0n) is 8.72. The Morgan fingerprint density at radius 3 is 2.81 bits per heavy atom. The van der Waals surface area contributed by atoms with E-state index < -0.39 is 10.0 Å². The van der Waals surface area contributed by atoms with E-state index in [1.54, 1.807) is 19.2 Å². The molecule has 0 radical (unpaired) electrons. The molecule has 1 fully saturated rings. The average Bonchev–Trinajstić information content (AvgIpc) is 2.85. The molecule has 7 heteroatoms. The van der Waals surface area contributed by atoms with Gasteiger partial charge in [0.05, 0.1) is 10.4 Å². The minimum Gasteiger partial charge on any atom is -0.380 e. The van der Waals surface area contributed by atoms with Gasteiger partial charge in [-0.05, 0) is 18.6 Å². The average molecular weight is 282 g/mol. The minimum atomic E-state index is -3.37. The third-order valence-electron chi connectivity index (χ3n) is 2.58. The van der Waals surface area contributed by atoms with Crippen molar-refractivity contribution in [2.24, 2.45) is 0 Å². The Kier molecular flexibility index (Phi) is 3.56. The Balaban J connectivity index is 2.21. The van der Waals surface area contributed by atoms with Crippen LogP contribution in [0.5, 0.6) is 0 Å². The van der Waals surface area contributed by atoms with Gasteiger partial charge in [-0.25, -0.2) is 8.42 Å². The molecule has 0 spiro atoms. The monoisotopic (exact) mass is 281 g/mol. The number of thiophene rings is 1. The van der Waals surface area contributed by atoms with Gasteiger partial charge in [0.1, 0.15) is 4.21 Å². The molecule has 1 aromatic rings. The SMILES string of the molecule is COC1CCN(S(=O)(=O)c2ccc(Cl)s2)C1. The number of rotatable bonds is 3. The van der Waals surface area contributed by atoms with Crippen molar-refractivity contribution in [1.82, 2.24) is 4.31 Å². The Labute approximate surface area is 104 Å². The van der Waals surface area contributed by atoms with Crippen LogP contribution >= 0.6 is 22.9 Å². The molecule has 0 aromatic carbocycles. The van der Waals surface area contributed by atoms with Gasteiger partial charge in [0.25, 0.3) is 10.0 Å². The van der Waals surface area contributed by atoms with Crippen LogP contribution in [0.15, 0.2) is 16.3 Å². The van der Waals surface area contributed by atoms with Gasteiger partial charge < -0.3 is 4.74 Å². The molecule has 2 rings (SSSR count). The number of methoxy groups -OCH3 is 1. The van der Waals surface area contributed by atoms with Crippen molar-refractivity contribution in [3.05, 3.63) is 16.5 Å². The zero-order valence-corrected chi connectivity index (χ0v) is 11.1. The molecule has 1 unspecified atom stereocenters. The summed E-state index contributed by atoms with van der Waals surface area (Å²) in [7, 11) is -1.77. The van der Waals surface area contributed by atoms with E-state index >= 15 is 0 Å². The molecule has 0 saturated carbocycles. The third kappa shape index (κ3) is 2.26. The highest BCUT2D eigenvalue weighted by Crippen LogP contribution is 2.30. The van der Waals surface area contributed by atoms with Crippen LogP contribution in [-0.4, -0.2) is 39.0 Å². The van der Waals surface area contributed by atoms with Crippen molar-refractivity contribution < 1.29 is 13.2 Å². The predicted octanol–water partition coefficient (Wildman–Crippen LogP) is 1.81. The maximum atomic E-state index is 12.1. The second kappa shape index (κ2) is 4.62. The number of halogens is 1. The van der Waals surface area contributed by atoms with Crippen LogP contribution in [0.1, 0.15) is 6.42 Å². The van der Waals surface area contributed by atoms with Crippen LogP contribution in [0.25, 0.3) is 0 Å². The lowest BCUT2D eigenvalue weighted by Crippen LogP contribution is -2.29. The van der Waals surface area contributed by atoms with Gasteiger partial charge in [0.2, 0.25) is 0 Å². The van der Waals surface area contributed by atoms with Crippen molar-refractivity contribution in [3.63, 3.8) is 0 Å². The lowest BCUT2D eigenvalue weighted by molar-refractivity contribution is 0.115. The quantitative estimate of drug-likeness (QED) is 0.849. The van der Waals surface area contributed by atoms with Crippen molar-refractivity contribution in [3.8, 4) is 0 Å². The molecule has 4 nitrogen and oxygen atoms in total. The first-order valence-electron chi connectivity index (χ1n) is 4.82. The smallest absolute Gasteiger partial charge is 0.252 e. The Bertz CT molecular complexity index is 471. The van der Waals surface area contributed by atoms with Gasteiger partial charge in [-0.2, -0.15) is 4.31 Å². The van der Waals surface area contributed by atoms with E-state index in [0.29, 0.717) is 21.6 Å². The topological polar surface area (TPSA) is 46.6 Å². The van der Waals surface area contributed by atoms with E-state index in [4.69, 9.17) is 16.3 Å². The molecular formula is C9H12ClNO3S2. The van der Waals surface area contributed by atoms with Crippen LogP contribution in [0.4, 0.5) is 0 Å². The van der Waals surface area contributed by atoms with E-state index in [0.717, 1.165) is 17.8 Å². The maximum absolute atomic E-state index is 12.1. The fraction of sp³-hybridized carbons (Fsp3) is 0.556. The summed E-state index contributed by atoms with van der Waals surface area (Å²) >= 11 is 6.83. The number of hydrogen-bond acceptors (Lipinski definition) is 4. The molecule has 0 aliphatic carbocycles. The Morgan fingerprint density at radius 1 is 1.56 bits per heavy atom. The molecule has 1 aliphatic heterocycles. The summed E-state index contributed by atoms with van der Waals surface area (Å²) in [5.74, 6) is 0. The Hall–Kier alpha value is -0.140. The lowest BCUT2D eigenvalue weighted by atomic mass is 10.3. The normalized spacial score (nSPS) is 22.8. The highest BCUT2D eigenvalue weighted by atomic mass is 35.5. The first-order valence-corrected chi connectivity index (χ1v) is 7.46. The standard InChI is InChI=1S/C9H12ClNO3S2/c1-14-7-4-5-11(6-7)16(12,13)9-3-2-8(10)15-9/h2-3,7H,4-6H2,1H3. The van der Waals surface area contributed by atoms with Crippen LogP contribution < -0.4 is 0 Å². The van der Waals surface area contributed by atoms with Crippen molar-refractivity contribution in [2.45, 2.75) is 16.7 Å². The molecule has 1 aliphatic rings. The number of hydrogen-bond donors (Lipinski definition) is 0. The molecule has 1 atom stereocenters. The summed E-state index contributed by atoms with van der Waals surface area (Å²) in [4.78, 5) is 0. The molecular weight excluding hydrogens is 270 g/mol. The molecule has 0 bridgehead atoms. The zero-order chi connectivity index (χ0) is 11.8. The van der Waals surface area contributed by atoms with Gasteiger partial charge >= 0.3 is 0 Å². The fourth-order valence-electron chi connectivity index (χ4n) is 1.67. The van der Waals surface area contributed by atoms with Gasteiger partial charge in [-0.3, -0.25) is 0 Å². The van der Waals surface area contributed by atoms with Crippen LogP contribution in [-0.2, 0) is 14.8 Å². The number of nitrogens with zero attached hydrogens (tertiary/aromatic N) is 1. The molecule has 16 heavy (non-hydrogen) atoms. The van der Waals surface area contributed by atoms with E-state index in [1.165, 1.54) is 4.31 Å². The molecule has 0 amide bonds. The largest absolute Gasteiger partial charge is 0.380 e. The van der Waals surface area contributed by atoms with Gasteiger partial charge in [0.15, 0.2) is 0 Å². The van der Waals surface area contributed by atoms with Gasteiger partial charge in [-0.15, -0.1) is 11.3 Å². The molecule has 90 valence electrons. The third-order valence-corrected chi connectivity index (χ3v) is 6.15. The number of sulfonamides is 1. The second-order valence-electron chi connectivity index (χ2n) is 3.57. The highest BCUT2D eigenvalue weighted by Gasteiger charge is 2.33. The van der Waals surface area contributed by atoms with Gasteiger partial charge in [0, 0.05) is 20.2 Å². The van der Waals surface area contributed by atoms with E-state index in [9.17, 15) is 8.42 Å². The first-order chi connectivity index (χ1) is 7.54. The summed E-state index contributed by atoms with van der Waals surface area (Å²) in [5, 5.41) is 0. The summed E-state index contributed by atoms with van der Waals surface area (Å²) in [6, 6.07) is 3.14.